The molecule has 0 saturated heterocycles. The first-order valence-electron chi connectivity index (χ1n) is 10.1. The van der Waals surface area contributed by atoms with Gasteiger partial charge < -0.3 is 19.7 Å². The van der Waals surface area contributed by atoms with Crippen LogP contribution in [0.25, 0.3) is 0 Å². The fourth-order valence-electron chi connectivity index (χ4n) is 3.32. The molecule has 0 aromatic heterocycles. The molecule has 0 saturated carbocycles. The third kappa shape index (κ3) is 5.31. The third-order valence-electron chi connectivity index (χ3n) is 4.88. The van der Waals surface area contributed by atoms with Crippen LogP contribution in [0.4, 0.5) is 0 Å². The number of esters is 1. The van der Waals surface area contributed by atoms with E-state index < -0.39 is 35.1 Å². The van der Waals surface area contributed by atoms with Crippen molar-refractivity contribution in [3.05, 3.63) is 82.5 Å². The maximum Gasteiger partial charge on any atom is 0.332 e. The summed E-state index contributed by atoms with van der Waals surface area (Å²) < 4.78 is 10.9. The van der Waals surface area contributed by atoms with Crippen LogP contribution in [0.2, 0.25) is 0 Å². The second-order valence-electron chi connectivity index (χ2n) is 7.62. The van der Waals surface area contributed by atoms with E-state index in [0.29, 0.717) is 0 Å². The number of ether oxygens (including phenoxy) is 2. The number of carbonyl (C=O) groups excluding carboxylic acids is 3. The van der Waals surface area contributed by atoms with Gasteiger partial charge in [-0.1, -0.05) is 42.0 Å². The number of aromatic hydroxyl groups is 2. The summed E-state index contributed by atoms with van der Waals surface area (Å²) in [4.78, 5) is 38.1. The van der Waals surface area contributed by atoms with Gasteiger partial charge >= 0.3 is 5.97 Å². The van der Waals surface area contributed by atoms with E-state index in [1.807, 2.05) is 44.2 Å². The van der Waals surface area contributed by atoms with Crippen LogP contribution in [-0.4, -0.2) is 40.5 Å². The lowest BCUT2D eigenvalue weighted by Crippen LogP contribution is -2.30. The van der Waals surface area contributed by atoms with Crippen LogP contribution in [0.5, 0.6) is 11.5 Å². The molecular weight excluding hydrogens is 412 g/mol. The summed E-state index contributed by atoms with van der Waals surface area (Å²) in [5, 5.41) is 20.1. The van der Waals surface area contributed by atoms with Crippen molar-refractivity contribution in [3.8, 4) is 11.5 Å². The zero-order chi connectivity index (χ0) is 23.3. The molecule has 0 radical (unpaired) electrons. The van der Waals surface area contributed by atoms with Crippen molar-refractivity contribution in [2.75, 3.05) is 6.61 Å². The van der Waals surface area contributed by atoms with E-state index >= 15 is 0 Å². The van der Waals surface area contributed by atoms with Gasteiger partial charge in [0.2, 0.25) is 0 Å². The van der Waals surface area contributed by atoms with Gasteiger partial charge in [-0.15, -0.1) is 0 Å². The van der Waals surface area contributed by atoms with Gasteiger partial charge in [-0.05, 0) is 37.6 Å². The highest BCUT2D eigenvalue weighted by molar-refractivity contribution is 6.27. The number of hydrogen-bond acceptors (Lipinski definition) is 7. The summed E-state index contributed by atoms with van der Waals surface area (Å²) in [5.74, 6) is -2.86. The smallest absolute Gasteiger partial charge is 0.332 e. The molecule has 1 aliphatic rings. The lowest BCUT2D eigenvalue weighted by Gasteiger charge is -2.23. The molecule has 1 aliphatic carbocycles. The highest BCUT2D eigenvalue weighted by atomic mass is 16.6. The zero-order valence-electron chi connectivity index (χ0n) is 17.8. The SMILES string of the molecule is CC(C)=CC[C@H](OC(=O)COCc1ccccc1)C1=CC(=O)c2c(O)ccc(O)c2C1=O. The Kier molecular flexibility index (Phi) is 7.22. The average molecular weight is 436 g/mol. The van der Waals surface area contributed by atoms with Crippen molar-refractivity contribution in [1.82, 2.24) is 0 Å². The fraction of sp³-hybridized carbons (Fsp3) is 0.240. The maximum absolute atomic E-state index is 13.1. The Balaban J connectivity index is 1.78. The average Bonchev–Trinajstić information content (AvgIpc) is 2.76. The molecule has 2 N–H and O–H groups in total. The van der Waals surface area contributed by atoms with Crippen molar-refractivity contribution in [2.24, 2.45) is 0 Å². The van der Waals surface area contributed by atoms with Gasteiger partial charge in [0.15, 0.2) is 11.6 Å². The van der Waals surface area contributed by atoms with Gasteiger partial charge in [0.1, 0.15) is 24.2 Å². The zero-order valence-corrected chi connectivity index (χ0v) is 17.8. The van der Waals surface area contributed by atoms with Gasteiger partial charge in [-0.25, -0.2) is 4.79 Å². The third-order valence-corrected chi connectivity index (χ3v) is 4.88. The number of fused-ring (bicyclic) bond motifs is 1. The second kappa shape index (κ2) is 10.1. The minimum absolute atomic E-state index is 0.0719. The Morgan fingerprint density at radius 2 is 1.66 bits per heavy atom. The molecule has 7 heteroatoms. The first-order chi connectivity index (χ1) is 15.3. The molecule has 3 rings (SSSR count). The van der Waals surface area contributed by atoms with Gasteiger partial charge in [-0.3, -0.25) is 9.59 Å². The molecule has 0 amide bonds. The molecular formula is C25H24O7. The molecule has 0 heterocycles. The number of hydrogen-bond donors (Lipinski definition) is 2. The number of Topliss-reactive ketones (excluding diaryl/α,β-unsaturated/α-hetero) is 1. The predicted octanol–water partition coefficient (Wildman–Crippen LogP) is 3.89. The van der Waals surface area contributed by atoms with E-state index in [-0.39, 0.29) is 36.3 Å². The van der Waals surface area contributed by atoms with Crippen LogP contribution in [0, 0.1) is 0 Å². The lowest BCUT2D eigenvalue weighted by atomic mass is 9.85. The number of ketones is 2. The van der Waals surface area contributed by atoms with Crippen molar-refractivity contribution in [1.29, 1.82) is 0 Å². The number of benzene rings is 2. The van der Waals surface area contributed by atoms with Gasteiger partial charge in [0.05, 0.1) is 17.7 Å². The standard InChI is InChI=1S/C25H24O7/c1-15(2)8-11-21(32-22(29)14-31-13-16-6-4-3-5-7-16)17-12-20(28)23-18(26)9-10-19(27)24(23)25(17)30/h3-10,12,21,26-27H,11,13-14H2,1-2H3/t21-/m0/s1. The van der Waals surface area contributed by atoms with Crippen LogP contribution in [0.15, 0.2) is 65.8 Å². The molecule has 7 nitrogen and oxygen atoms in total. The van der Waals surface area contributed by atoms with E-state index in [0.717, 1.165) is 29.3 Å². The van der Waals surface area contributed by atoms with Crippen molar-refractivity contribution in [2.45, 2.75) is 33.0 Å². The normalized spacial score (nSPS) is 13.8. The van der Waals surface area contributed by atoms with E-state index in [1.54, 1.807) is 6.08 Å². The van der Waals surface area contributed by atoms with Gasteiger partial charge in [-0.2, -0.15) is 0 Å². The Hall–Kier alpha value is -3.71. The molecule has 2 aromatic carbocycles. The Bertz CT molecular complexity index is 1090. The van der Waals surface area contributed by atoms with E-state index in [9.17, 15) is 24.6 Å². The topological polar surface area (TPSA) is 110 Å². The Morgan fingerprint density at radius 1 is 1.00 bits per heavy atom. The Morgan fingerprint density at radius 3 is 2.31 bits per heavy atom. The molecule has 1 atom stereocenters. The minimum Gasteiger partial charge on any atom is -0.507 e. The molecule has 0 bridgehead atoms. The van der Waals surface area contributed by atoms with Crippen molar-refractivity contribution in [3.63, 3.8) is 0 Å². The largest absolute Gasteiger partial charge is 0.507 e. The molecule has 0 unspecified atom stereocenters. The molecule has 166 valence electrons. The van der Waals surface area contributed by atoms with Gasteiger partial charge in [0, 0.05) is 12.0 Å². The van der Waals surface area contributed by atoms with Crippen molar-refractivity contribution >= 4 is 17.5 Å². The van der Waals surface area contributed by atoms with E-state index in [1.165, 1.54) is 0 Å². The van der Waals surface area contributed by atoms with Crippen LogP contribution >= 0.6 is 0 Å². The Labute approximate surface area is 185 Å². The van der Waals surface area contributed by atoms with Gasteiger partial charge in [0.25, 0.3) is 0 Å². The fourth-order valence-corrected chi connectivity index (χ4v) is 3.32. The molecule has 0 spiro atoms. The summed E-state index contributed by atoms with van der Waals surface area (Å²) in [6.45, 7) is 3.58. The van der Waals surface area contributed by atoms with Crippen molar-refractivity contribution < 1.29 is 34.1 Å². The second-order valence-corrected chi connectivity index (χ2v) is 7.62. The summed E-state index contributed by atoms with van der Waals surface area (Å²) in [7, 11) is 0. The first-order valence-corrected chi connectivity index (χ1v) is 10.1. The summed E-state index contributed by atoms with van der Waals surface area (Å²) >= 11 is 0. The van der Waals surface area contributed by atoms with E-state index in [2.05, 4.69) is 0 Å². The monoisotopic (exact) mass is 436 g/mol. The maximum atomic E-state index is 13.1. The number of allylic oxidation sites excluding steroid dienone is 2. The van der Waals surface area contributed by atoms with Crippen LogP contribution in [-0.2, 0) is 20.9 Å². The lowest BCUT2D eigenvalue weighted by molar-refractivity contribution is -0.152. The molecule has 0 aliphatic heterocycles. The van der Waals surface area contributed by atoms with Crippen LogP contribution in [0.1, 0.15) is 46.5 Å². The minimum atomic E-state index is -1.05. The number of phenolic OH excluding ortho intramolecular Hbond substituents is 2. The number of rotatable bonds is 8. The highest BCUT2D eigenvalue weighted by Crippen LogP contribution is 2.36. The highest BCUT2D eigenvalue weighted by Gasteiger charge is 2.35. The molecule has 2 aromatic rings. The van der Waals surface area contributed by atoms with Crippen LogP contribution < -0.4 is 0 Å². The summed E-state index contributed by atoms with van der Waals surface area (Å²) in [6.07, 6.45) is 1.93. The first kappa shape index (κ1) is 23.0. The summed E-state index contributed by atoms with van der Waals surface area (Å²) in [6, 6.07) is 11.6. The molecule has 32 heavy (non-hydrogen) atoms. The van der Waals surface area contributed by atoms with Crippen LogP contribution in [0.3, 0.4) is 0 Å². The predicted molar refractivity (Wildman–Crippen MR) is 117 cm³/mol. The number of carbonyl (C=O) groups is 3. The molecule has 0 fully saturated rings. The number of phenols is 2. The quantitative estimate of drug-likeness (QED) is 0.367. The summed E-state index contributed by atoms with van der Waals surface area (Å²) in [5.41, 5.74) is 1.19. The van der Waals surface area contributed by atoms with E-state index in [4.69, 9.17) is 9.47 Å².